The van der Waals surface area contributed by atoms with Gasteiger partial charge in [0.15, 0.2) is 6.29 Å². The number of amides is 1. The minimum atomic E-state index is -0.360. The predicted molar refractivity (Wildman–Crippen MR) is 140 cm³/mol. The van der Waals surface area contributed by atoms with Gasteiger partial charge in [0, 0.05) is 38.9 Å². The van der Waals surface area contributed by atoms with Gasteiger partial charge >= 0.3 is 0 Å². The van der Waals surface area contributed by atoms with E-state index in [9.17, 15) is 4.79 Å². The summed E-state index contributed by atoms with van der Waals surface area (Å²) < 4.78 is 11.4. The second-order valence-corrected chi connectivity index (χ2v) is 10.5. The largest absolute Gasteiger partial charge is 0.492 e. The molecule has 36 heavy (non-hydrogen) atoms. The highest BCUT2D eigenvalue weighted by molar-refractivity contribution is 7.17. The first-order valence-electron chi connectivity index (χ1n) is 12.8. The predicted octanol–water partition coefficient (Wildman–Crippen LogP) is 5.29. The van der Waals surface area contributed by atoms with Gasteiger partial charge in [-0.2, -0.15) is 0 Å². The van der Waals surface area contributed by atoms with E-state index in [1.165, 1.54) is 29.7 Å². The summed E-state index contributed by atoms with van der Waals surface area (Å²) in [5.41, 5.74) is 4.56. The molecule has 5 rings (SSSR count). The summed E-state index contributed by atoms with van der Waals surface area (Å²) in [7, 11) is 0. The lowest BCUT2D eigenvalue weighted by Crippen LogP contribution is -2.32. The van der Waals surface area contributed by atoms with Crippen molar-refractivity contribution in [2.45, 2.75) is 44.9 Å². The number of carbonyl (C=O) groups excluding carboxylic acids is 1. The fourth-order valence-electron chi connectivity index (χ4n) is 4.20. The molecule has 2 fully saturated rings. The molecule has 3 heterocycles. The Balaban J connectivity index is 1.13. The van der Waals surface area contributed by atoms with Gasteiger partial charge in [-0.3, -0.25) is 14.7 Å². The summed E-state index contributed by atoms with van der Waals surface area (Å²) in [6.45, 7) is 4.16. The Bertz CT molecular complexity index is 1100. The smallest absolute Gasteiger partial charge is 0.285 e. The quantitative estimate of drug-likeness (QED) is 0.336. The van der Waals surface area contributed by atoms with Crippen LogP contribution in [0.2, 0.25) is 0 Å². The molecular weight excluding hydrogens is 474 g/mol. The molecule has 1 saturated heterocycles. The van der Waals surface area contributed by atoms with Gasteiger partial charge in [0.2, 0.25) is 0 Å². The Morgan fingerprint density at radius 2 is 1.97 bits per heavy atom. The minimum Gasteiger partial charge on any atom is -0.492 e. The van der Waals surface area contributed by atoms with Crippen LogP contribution in [-0.2, 0) is 16.1 Å². The van der Waals surface area contributed by atoms with Crippen molar-refractivity contribution in [2.75, 3.05) is 26.3 Å². The molecule has 1 N–H and O–H groups in total. The number of rotatable bonds is 12. The Morgan fingerprint density at radius 1 is 1.08 bits per heavy atom. The maximum absolute atomic E-state index is 12.5. The number of hydrogen-bond donors (Lipinski definition) is 1. The van der Waals surface area contributed by atoms with Crippen molar-refractivity contribution in [3.8, 4) is 16.3 Å². The Morgan fingerprint density at radius 3 is 2.72 bits per heavy atom. The van der Waals surface area contributed by atoms with Gasteiger partial charge in [-0.25, -0.2) is 10.3 Å². The number of hydroxylamine groups is 1. The van der Waals surface area contributed by atoms with Crippen LogP contribution >= 0.6 is 11.3 Å². The highest BCUT2D eigenvalue weighted by Gasteiger charge is 2.24. The molecule has 1 aliphatic carbocycles. The van der Waals surface area contributed by atoms with Gasteiger partial charge in [-0.05, 0) is 67.5 Å². The van der Waals surface area contributed by atoms with Crippen LogP contribution in [0.4, 0.5) is 0 Å². The first-order valence-corrected chi connectivity index (χ1v) is 13.6. The lowest BCUT2D eigenvalue weighted by Gasteiger charge is -2.22. The second kappa shape index (κ2) is 12.5. The standard InChI is InChI=1S/C28H33N3O4S/c32-28(30-35-27-8-4-5-16-34-27)26-14-13-25(36-26)24-12-11-22(18-29-24)20-31(19-21-9-10-21)15-17-33-23-6-2-1-3-7-23/h1-3,6-7,11-14,18,21,27H,4-5,8-10,15-17,19-20H2,(H,30,32). The average Bonchev–Trinajstić information content (AvgIpc) is 3.60. The van der Waals surface area contributed by atoms with E-state index in [4.69, 9.17) is 14.3 Å². The number of carbonyl (C=O) groups is 1. The van der Waals surface area contributed by atoms with E-state index in [2.05, 4.69) is 21.4 Å². The van der Waals surface area contributed by atoms with E-state index in [-0.39, 0.29) is 12.2 Å². The molecule has 1 saturated carbocycles. The van der Waals surface area contributed by atoms with Gasteiger partial charge in [0.05, 0.1) is 15.4 Å². The number of thiophene rings is 1. The van der Waals surface area contributed by atoms with Gasteiger partial charge in [-0.15, -0.1) is 11.3 Å². The summed E-state index contributed by atoms with van der Waals surface area (Å²) in [6.07, 6.45) is 7.10. The topological polar surface area (TPSA) is 72.9 Å². The summed E-state index contributed by atoms with van der Waals surface area (Å²) in [5.74, 6) is 1.46. The van der Waals surface area contributed by atoms with Crippen molar-refractivity contribution in [1.29, 1.82) is 0 Å². The van der Waals surface area contributed by atoms with Crippen molar-refractivity contribution in [3.63, 3.8) is 0 Å². The Kier molecular flexibility index (Phi) is 8.61. The van der Waals surface area contributed by atoms with Crippen molar-refractivity contribution in [1.82, 2.24) is 15.4 Å². The SMILES string of the molecule is O=C(NOC1CCCCO1)c1ccc(-c2ccc(CN(CCOc3ccccc3)CC3CC3)cn2)s1. The molecular formula is C28H33N3O4S. The molecule has 0 spiro atoms. The van der Waals surface area contributed by atoms with Crippen molar-refractivity contribution >= 4 is 17.2 Å². The molecule has 0 radical (unpaired) electrons. The molecule has 190 valence electrons. The fourth-order valence-corrected chi connectivity index (χ4v) is 5.07. The molecule has 1 amide bonds. The van der Waals surface area contributed by atoms with Crippen LogP contribution in [0.5, 0.6) is 5.75 Å². The molecule has 1 unspecified atom stereocenters. The van der Waals surface area contributed by atoms with Crippen molar-refractivity contribution in [3.05, 3.63) is 71.2 Å². The molecule has 3 aromatic rings. The number of nitrogens with zero attached hydrogens (tertiary/aromatic N) is 2. The maximum atomic E-state index is 12.5. The van der Waals surface area contributed by atoms with Crippen LogP contribution in [0.15, 0.2) is 60.8 Å². The van der Waals surface area contributed by atoms with E-state index >= 15 is 0 Å². The molecule has 2 aromatic heterocycles. The summed E-state index contributed by atoms with van der Waals surface area (Å²) >= 11 is 1.40. The number of ether oxygens (including phenoxy) is 2. The summed E-state index contributed by atoms with van der Waals surface area (Å²) in [6, 6.07) is 17.9. The van der Waals surface area contributed by atoms with Crippen LogP contribution in [0, 0.1) is 5.92 Å². The van der Waals surface area contributed by atoms with Crippen LogP contribution in [0.3, 0.4) is 0 Å². The third-order valence-corrected chi connectivity index (χ3v) is 7.47. The second-order valence-electron chi connectivity index (χ2n) is 9.40. The first kappa shape index (κ1) is 24.9. The van der Waals surface area contributed by atoms with Crippen LogP contribution in [0.1, 0.15) is 47.3 Å². The summed E-state index contributed by atoms with van der Waals surface area (Å²) in [5, 5.41) is 0. The number of nitrogens with one attached hydrogen (secondary N) is 1. The fraction of sp³-hybridized carbons (Fsp3) is 0.429. The summed E-state index contributed by atoms with van der Waals surface area (Å²) in [4.78, 5) is 26.5. The molecule has 2 aliphatic rings. The molecule has 8 heteroatoms. The maximum Gasteiger partial charge on any atom is 0.285 e. The number of hydrogen-bond acceptors (Lipinski definition) is 7. The average molecular weight is 508 g/mol. The van der Waals surface area contributed by atoms with Gasteiger partial charge in [-0.1, -0.05) is 24.3 Å². The van der Waals surface area contributed by atoms with Gasteiger partial charge in [0.1, 0.15) is 12.4 Å². The van der Waals surface area contributed by atoms with Gasteiger partial charge < -0.3 is 9.47 Å². The zero-order valence-electron chi connectivity index (χ0n) is 20.4. The highest BCUT2D eigenvalue weighted by atomic mass is 32.1. The third-order valence-electron chi connectivity index (χ3n) is 6.37. The first-order chi connectivity index (χ1) is 17.7. The normalized spacial score (nSPS) is 17.8. The third kappa shape index (κ3) is 7.36. The van der Waals surface area contributed by atoms with Crippen LogP contribution in [0.25, 0.3) is 10.6 Å². The van der Waals surface area contributed by atoms with E-state index in [0.717, 1.165) is 61.1 Å². The number of aromatic nitrogens is 1. The van der Waals surface area contributed by atoms with E-state index in [0.29, 0.717) is 18.1 Å². The van der Waals surface area contributed by atoms with E-state index in [1.54, 1.807) is 6.07 Å². The molecule has 1 aromatic carbocycles. The molecule has 7 nitrogen and oxygen atoms in total. The zero-order valence-corrected chi connectivity index (χ0v) is 21.3. The monoisotopic (exact) mass is 507 g/mol. The van der Waals surface area contributed by atoms with E-state index in [1.807, 2.05) is 48.7 Å². The Labute approximate surface area is 216 Å². The van der Waals surface area contributed by atoms with Crippen LogP contribution in [-0.4, -0.2) is 48.4 Å². The lowest BCUT2D eigenvalue weighted by atomic mass is 10.2. The number of benzene rings is 1. The number of pyridine rings is 1. The van der Waals surface area contributed by atoms with Crippen molar-refractivity contribution < 1.29 is 19.1 Å². The number of para-hydroxylation sites is 1. The van der Waals surface area contributed by atoms with Gasteiger partial charge in [0.25, 0.3) is 5.91 Å². The molecule has 0 bridgehead atoms. The molecule has 1 atom stereocenters. The molecule has 1 aliphatic heterocycles. The highest BCUT2D eigenvalue weighted by Crippen LogP contribution is 2.30. The zero-order chi connectivity index (χ0) is 24.6. The lowest BCUT2D eigenvalue weighted by molar-refractivity contribution is -0.186. The van der Waals surface area contributed by atoms with E-state index < -0.39 is 0 Å². The minimum absolute atomic E-state index is 0.259. The Hall–Kier alpha value is -2.78. The van der Waals surface area contributed by atoms with Crippen molar-refractivity contribution in [2.24, 2.45) is 5.92 Å². The van der Waals surface area contributed by atoms with Crippen LogP contribution < -0.4 is 10.2 Å².